The molecule has 5 heteroatoms. The molecule has 98 valence electrons. The molecule has 0 spiro atoms. The summed E-state index contributed by atoms with van der Waals surface area (Å²) in [6.45, 7) is 10.6. The molecular weight excluding hydrogens is 218 g/mol. The predicted octanol–water partition coefficient (Wildman–Crippen LogP) is 0.951. The topological polar surface area (TPSA) is 61.4 Å². The summed E-state index contributed by atoms with van der Waals surface area (Å²) in [7, 11) is 0. The van der Waals surface area contributed by atoms with Crippen molar-refractivity contribution in [2.24, 2.45) is 5.41 Å². The van der Waals surface area contributed by atoms with E-state index >= 15 is 0 Å². The van der Waals surface area contributed by atoms with Crippen LogP contribution >= 0.6 is 0 Å². The van der Waals surface area contributed by atoms with Gasteiger partial charge in [0.05, 0.1) is 0 Å². The van der Waals surface area contributed by atoms with Gasteiger partial charge in [-0.1, -0.05) is 13.8 Å². The lowest BCUT2D eigenvalue weighted by Crippen LogP contribution is -2.58. The first-order valence-corrected chi connectivity index (χ1v) is 6.11. The number of piperidine rings is 1. The molecule has 1 heterocycles. The molecule has 0 aromatic carbocycles. The van der Waals surface area contributed by atoms with Crippen molar-refractivity contribution in [1.82, 2.24) is 15.5 Å². The van der Waals surface area contributed by atoms with Crippen molar-refractivity contribution < 1.29 is 9.59 Å². The largest absolute Gasteiger partial charge is 0.334 e. The van der Waals surface area contributed by atoms with Gasteiger partial charge in [-0.25, -0.2) is 4.79 Å². The third kappa shape index (κ3) is 3.70. The van der Waals surface area contributed by atoms with Crippen LogP contribution in [0.15, 0.2) is 0 Å². The van der Waals surface area contributed by atoms with Crippen LogP contribution in [0.4, 0.5) is 4.79 Å². The zero-order chi connectivity index (χ0) is 13.1. The summed E-state index contributed by atoms with van der Waals surface area (Å²) in [4.78, 5) is 23.9. The van der Waals surface area contributed by atoms with Crippen molar-refractivity contribution in [2.75, 3.05) is 13.1 Å². The summed E-state index contributed by atoms with van der Waals surface area (Å²) in [5, 5.41) is 4.98. The molecule has 1 aliphatic heterocycles. The minimum atomic E-state index is -0.406. The van der Waals surface area contributed by atoms with E-state index in [0.29, 0.717) is 12.5 Å². The molecular formula is C12H23N3O2. The summed E-state index contributed by atoms with van der Waals surface area (Å²) < 4.78 is 0. The van der Waals surface area contributed by atoms with Gasteiger partial charge in [0.1, 0.15) is 0 Å². The molecule has 5 nitrogen and oxygen atoms in total. The lowest BCUT2D eigenvalue weighted by atomic mass is 9.78. The molecule has 3 amide bonds. The first-order valence-electron chi connectivity index (χ1n) is 6.11. The highest BCUT2D eigenvalue weighted by atomic mass is 16.2. The lowest BCUT2D eigenvalue weighted by molar-refractivity contribution is -0.108. The zero-order valence-corrected chi connectivity index (χ0v) is 11.1. The average Bonchev–Trinajstić information content (AvgIpc) is 2.20. The Morgan fingerprint density at radius 1 is 1.47 bits per heavy atom. The van der Waals surface area contributed by atoms with Crippen LogP contribution in [0.1, 0.15) is 34.1 Å². The number of nitrogens with one attached hydrogen (secondary N) is 2. The van der Waals surface area contributed by atoms with Gasteiger partial charge in [0.25, 0.3) is 0 Å². The maximum Gasteiger partial charge on any atom is 0.321 e. The Morgan fingerprint density at radius 3 is 2.59 bits per heavy atom. The van der Waals surface area contributed by atoms with Crippen molar-refractivity contribution in [3.05, 3.63) is 0 Å². The van der Waals surface area contributed by atoms with Gasteiger partial charge in [0, 0.05) is 25.2 Å². The highest BCUT2D eigenvalue weighted by Gasteiger charge is 2.37. The van der Waals surface area contributed by atoms with Gasteiger partial charge in [0.15, 0.2) is 0 Å². The standard InChI is InChI=1S/C12H23N3O2/c1-9(2)15-6-5-10(12(3,4)7-15)14-11(17)13-8-16/h8-10H,5-7H2,1-4H3,(H2,13,14,16,17). The molecule has 17 heavy (non-hydrogen) atoms. The SMILES string of the molecule is CC(C)N1CCC(NC(=O)NC=O)C(C)(C)C1. The second-order valence-corrected chi connectivity index (χ2v) is 5.63. The van der Waals surface area contributed by atoms with Crippen LogP contribution in [-0.2, 0) is 4.79 Å². The van der Waals surface area contributed by atoms with E-state index in [1.165, 1.54) is 0 Å². The van der Waals surface area contributed by atoms with Gasteiger partial charge in [0.2, 0.25) is 6.41 Å². The van der Waals surface area contributed by atoms with E-state index in [9.17, 15) is 9.59 Å². The maximum atomic E-state index is 11.3. The summed E-state index contributed by atoms with van der Waals surface area (Å²) in [5.74, 6) is 0. The van der Waals surface area contributed by atoms with Gasteiger partial charge in [-0.05, 0) is 25.7 Å². The third-order valence-corrected chi connectivity index (χ3v) is 3.48. The Labute approximate surface area is 103 Å². The number of amides is 3. The second-order valence-electron chi connectivity index (χ2n) is 5.63. The molecule has 1 atom stereocenters. The van der Waals surface area contributed by atoms with E-state index in [1.54, 1.807) is 0 Å². The number of urea groups is 1. The molecule has 0 aliphatic carbocycles. The fraction of sp³-hybridized carbons (Fsp3) is 0.833. The molecule has 0 aromatic rings. The van der Waals surface area contributed by atoms with E-state index in [-0.39, 0.29) is 11.5 Å². The van der Waals surface area contributed by atoms with E-state index in [4.69, 9.17) is 0 Å². The molecule has 0 saturated carbocycles. The van der Waals surface area contributed by atoms with Gasteiger partial charge in [-0.2, -0.15) is 0 Å². The van der Waals surface area contributed by atoms with Crippen LogP contribution < -0.4 is 10.6 Å². The Hall–Kier alpha value is -1.10. The zero-order valence-electron chi connectivity index (χ0n) is 11.1. The predicted molar refractivity (Wildman–Crippen MR) is 66.6 cm³/mol. The Balaban J connectivity index is 2.58. The molecule has 0 bridgehead atoms. The quantitative estimate of drug-likeness (QED) is 0.723. The van der Waals surface area contributed by atoms with Crippen molar-refractivity contribution in [1.29, 1.82) is 0 Å². The first kappa shape index (κ1) is 14.0. The summed E-state index contributed by atoms with van der Waals surface area (Å²) in [6.07, 6.45) is 1.32. The van der Waals surface area contributed by atoms with Crippen LogP contribution in [0.3, 0.4) is 0 Å². The number of carbonyl (C=O) groups excluding carboxylic acids is 2. The Morgan fingerprint density at radius 2 is 2.12 bits per heavy atom. The minimum absolute atomic E-state index is 0.0166. The normalized spacial score (nSPS) is 24.4. The van der Waals surface area contributed by atoms with E-state index in [2.05, 4.69) is 43.2 Å². The van der Waals surface area contributed by atoms with Gasteiger partial charge >= 0.3 is 6.03 Å². The molecule has 1 aliphatic rings. The highest BCUT2D eigenvalue weighted by molar-refractivity contribution is 5.84. The summed E-state index contributed by atoms with van der Waals surface area (Å²) in [6, 6.07) is 0.229. The number of hydrogen-bond acceptors (Lipinski definition) is 3. The monoisotopic (exact) mass is 241 g/mol. The lowest BCUT2D eigenvalue weighted by Gasteiger charge is -2.45. The average molecular weight is 241 g/mol. The van der Waals surface area contributed by atoms with Crippen LogP contribution in [0.25, 0.3) is 0 Å². The van der Waals surface area contributed by atoms with Crippen molar-refractivity contribution in [3.63, 3.8) is 0 Å². The van der Waals surface area contributed by atoms with Gasteiger partial charge in [-0.15, -0.1) is 0 Å². The second kappa shape index (κ2) is 5.49. The summed E-state index contributed by atoms with van der Waals surface area (Å²) in [5.41, 5.74) is 0.0166. The highest BCUT2D eigenvalue weighted by Crippen LogP contribution is 2.30. The van der Waals surface area contributed by atoms with Crippen LogP contribution in [0.2, 0.25) is 0 Å². The number of rotatable bonds is 3. The van der Waals surface area contributed by atoms with Crippen molar-refractivity contribution >= 4 is 12.4 Å². The van der Waals surface area contributed by atoms with Crippen LogP contribution in [-0.4, -0.2) is 42.5 Å². The van der Waals surface area contributed by atoms with Crippen molar-refractivity contribution in [3.8, 4) is 0 Å². The number of likely N-dealkylation sites (tertiary alicyclic amines) is 1. The molecule has 0 radical (unpaired) electrons. The minimum Gasteiger partial charge on any atom is -0.334 e. The fourth-order valence-corrected chi connectivity index (χ4v) is 2.36. The molecule has 0 aromatic heterocycles. The fourth-order valence-electron chi connectivity index (χ4n) is 2.36. The number of imide groups is 1. The van der Waals surface area contributed by atoms with Gasteiger partial charge < -0.3 is 10.2 Å². The molecule has 1 fully saturated rings. The third-order valence-electron chi connectivity index (χ3n) is 3.48. The number of nitrogens with zero attached hydrogens (tertiary/aromatic N) is 1. The first-order chi connectivity index (χ1) is 7.86. The summed E-state index contributed by atoms with van der Waals surface area (Å²) >= 11 is 0. The Bertz CT molecular complexity index is 289. The maximum absolute atomic E-state index is 11.3. The van der Waals surface area contributed by atoms with E-state index < -0.39 is 6.03 Å². The van der Waals surface area contributed by atoms with Gasteiger partial charge in [-0.3, -0.25) is 10.1 Å². The number of carbonyl (C=O) groups is 2. The van der Waals surface area contributed by atoms with Crippen LogP contribution in [0, 0.1) is 5.41 Å². The van der Waals surface area contributed by atoms with E-state index in [0.717, 1.165) is 19.5 Å². The Kier molecular flexibility index (Phi) is 4.51. The van der Waals surface area contributed by atoms with Crippen LogP contribution in [0.5, 0.6) is 0 Å². The number of hydrogen-bond donors (Lipinski definition) is 2. The molecule has 1 unspecified atom stereocenters. The molecule has 2 N–H and O–H groups in total. The van der Waals surface area contributed by atoms with E-state index in [1.807, 2.05) is 0 Å². The molecule has 1 rings (SSSR count). The van der Waals surface area contributed by atoms with Crippen molar-refractivity contribution in [2.45, 2.75) is 46.2 Å². The smallest absolute Gasteiger partial charge is 0.321 e. The molecule has 1 saturated heterocycles.